The Labute approximate surface area is 187 Å². The molecule has 1 aromatic heterocycles. The van der Waals surface area contributed by atoms with E-state index < -0.39 is 32.5 Å². The number of rotatable bonds is 5. The molecule has 2 aromatic carbocycles. The van der Waals surface area contributed by atoms with Crippen molar-refractivity contribution in [2.45, 2.75) is 6.54 Å². The summed E-state index contributed by atoms with van der Waals surface area (Å²) in [5.41, 5.74) is 1.69. The van der Waals surface area contributed by atoms with E-state index in [1.165, 1.54) is 43.5 Å². The van der Waals surface area contributed by atoms with E-state index in [4.69, 9.17) is 0 Å². The maximum absolute atomic E-state index is 13.3. The second kappa shape index (κ2) is 8.56. The fraction of sp³-hybridized carbons (Fsp3) is 0.0909. The topological polar surface area (TPSA) is 92.8 Å². The summed E-state index contributed by atoms with van der Waals surface area (Å²) in [5, 5.41) is 4.46. The third-order valence-electron chi connectivity index (χ3n) is 4.83. The average molecular weight is 473 g/mol. The summed E-state index contributed by atoms with van der Waals surface area (Å²) in [6, 6.07) is 13.2. The van der Waals surface area contributed by atoms with Gasteiger partial charge in [0.05, 0.1) is 24.9 Å². The summed E-state index contributed by atoms with van der Waals surface area (Å²) in [7, 11) is -2.91. The minimum Gasteiger partial charge on any atom is -0.465 e. The van der Waals surface area contributed by atoms with Crippen LogP contribution in [-0.2, 0) is 21.3 Å². The second-order valence-electron chi connectivity index (χ2n) is 6.82. The number of thiophene rings is 1. The van der Waals surface area contributed by atoms with Crippen LogP contribution in [0.1, 0.15) is 25.6 Å². The van der Waals surface area contributed by atoms with Gasteiger partial charge in [-0.15, -0.1) is 11.3 Å². The molecule has 0 bridgehead atoms. The van der Waals surface area contributed by atoms with Crippen LogP contribution in [0.5, 0.6) is 0 Å². The summed E-state index contributed by atoms with van der Waals surface area (Å²) >= 11 is 1.15. The molecule has 1 aliphatic rings. The van der Waals surface area contributed by atoms with Gasteiger partial charge in [-0.25, -0.2) is 17.6 Å². The Morgan fingerprint density at radius 3 is 2.47 bits per heavy atom. The van der Waals surface area contributed by atoms with Crippen molar-refractivity contribution in [2.75, 3.05) is 16.7 Å². The molecule has 164 valence electrons. The largest absolute Gasteiger partial charge is 0.465 e. The first-order valence-electron chi connectivity index (χ1n) is 9.35. The highest BCUT2D eigenvalue weighted by atomic mass is 32.2. The Hall–Kier alpha value is -3.50. The first kappa shape index (κ1) is 21.7. The number of benzene rings is 2. The number of Topliss-reactive ketones (excluding diaryl/α,β-unsaturated/α-hetero) is 1. The van der Waals surface area contributed by atoms with E-state index in [0.29, 0.717) is 27.4 Å². The molecule has 32 heavy (non-hydrogen) atoms. The van der Waals surface area contributed by atoms with E-state index in [2.05, 4.69) is 10.1 Å². The zero-order valence-corrected chi connectivity index (χ0v) is 18.4. The highest BCUT2D eigenvalue weighted by Crippen LogP contribution is 2.39. The van der Waals surface area contributed by atoms with Gasteiger partial charge in [-0.1, -0.05) is 12.1 Å². The number of nitrogens with one attached hydrogen (secondary N) is 1. The minimum absolute atomic E-state index is 0.0508. The van der Waals surface area contributed by atoms with E-state index >= 15 is 0 Å². The van der Waals surface area contributed by atoms with Gasteiger partial charge in [0.15, 0.2) is 4.91 Å². The van der Waals surface area contributed by atoms with Gasteiger partial charge in [0, 0.05) is 11.9 Å². The number of ether oxygens (including phenoxy) is 1. The highest BCUT2D eigenvalue weighted by molar-refractivity contribution is 7.97. The highest BCUT2D eigenvalue weighted by Gasteiger charge is 2.41. The van der Waals surface area contributed by atoms with Crippen molar-refractivity contribution in [1.82, 2.24) is 0 Å². The number of anilines is 2. The molecule has 3 aromatic rings. The van der Waals surface area contributed by atoms with Crippen molar-refractivity contribution in [3.05, 3.63) is 92.9 Å². The van der Waals surface area contributed by atoms with Gasteiger partial charge in [-0.2, -0.15) is 0 Å². The van der Waals surface area contributed by atoms with Crippen LogP contribution in [0.2, 0.25) is 0 Å². The molecule has 4 rings (SSSR count). The summed E-state index contributed by atoms with van der Waals surface area (Å²) in [6.07, 6.45) is 1.14. The molecule has 0 unspecified atom stereocenters. The van der Waals surface area contributed by atoms with Crippen LogP contribution in [-0.4, -0.2) is 27.3 Å². The lowest BCUT2D eigenvalue weighted by Crippen LogP contribution is -2.38. The maximum Gasteiger partial charge on any atom is 0.337 e. The molecular formula is C22H17FN2O5S2. The SMILES string of the molecule is COC(=O)c1ccc(NC=C2C(=O)c3sccc3N(Cc3ccc(F)cc3)S2(=O)=O)cc1. The number of methoxy groups -OCH3 is 1. The monoisotopic (exact) mass is 472 g/mol. The Balaban J connectivity index is 1.67. The van der Waals surface area contributed by atoms with Crippen LogP contribution >= 0.6 is 11.3 Å². The molecule has 0 radical (unpaired) electrons. The van der Waals surface area contributed by atoms with Crippen molar-refractivity contribution >= 4 is 44.5 Å². The normalized spacial score (nSPS) is 16.0. The number of sulfonamides is 1. The molecule has 1 N–H and O–H groups in total. The Morgan fingerprint density at radius 2 is 1.81 bits per heavy atom. The van der Waals surface area contributed by atoms with Crippen LogP contribution in [0.3, 0.4) is 0 Å². The van der Waals surface area contributed by atoms with E-state index in [1.54, 1.807) is 23.6 Å². The molecule has 10 heteroatoms. The quantitative estimate of drug-likeness (QED) is 0.443. The smallest absolute Gasteiger partial charge is 0.337 e. The van der Waals surface area contributed by atoms with Crippen LogP contribution in [0.25, 0.3) is 0 Å². The minimum atomic E-state index is -4.18. The van der Waals surface area contributed by atoms with E-state index in [0.717, 1.165) is 21.8 Å². The van der Waals surface area contributed by atoms with E-state index in [9.17, 15) is 22.4 Å². The summed E-state index contributed by atoms with van der Waals surface area (Å²) in [6.45, 7) is -0.0508. The molecule has 0 fully saturated rings. The number of esters is 1. The average Bonchev–Trinajstić information content (AvgIpc) is 3.27. The molecule has 0 amide bonds. The Kier molecular flexibility index (Phi) is 5.81. The fourth-order valence-electron chi connectivity index (χ4n) is 3.18. The van der Waals surface area contributed by atoms with Crippen LogP contribution in [0.4, 0.5) is 15.8 Å². The van der Waals surface area contributed by atoms with Gasteiger partial charge in [0.2, 0.25) is 5.78 Å². The maximum atomic E-state index is 13.3. The van der Waals surface area contributed by atoms with Crippen molar-refractivity contribution < 1.29 is 27.1 Å². The number of hydrogen-bond donors (Lipinski definition) is 1. The third-order valence-corrected chi connectivity index (χ3v) is 7.49. The molecule has 0 saturated heterocycles. The van der Waals surface area contributed by atoms with Gasteiger partial charge in [-0.3, -0.25) is 9.10 Å². The number of hydrogen-bond acceptors (Lipinski definition) is 7. The van der Waals surface area contributed by atoms with Crippen LogP contribution in [0, 0.1) is 5.82 Å². The molecule has 0 spiro atoms. The Bertz CT molecular complexity index is 1310. The lowest BCUT2D eigenvalue weighted by atomic mass is 10.2. The van der Waals surface area contributed by atoms with Gasteiger partial charge in [-0.05, 0) is 53.4 Å². The number of ketones is 1. The molecule has 0 saturated carbocycles. The lowest BCUT2D eigenvalue weighted by molar-refractivity contribution is 0.0600. The second-order valence-corrected chi connectivity index (χ2v) is 9.57. The van der Waals surface area contributed by atoms with Gasteiger partial charge >= 0.3 is 5.97 Å². The van der Waals surface area contributed by atoms with E-state index in [-0.39, 0.29) is 6.54 Å². The standard InChI is InChI=1S/C22H17FN2O5S2/c1-30-22(27)15-4-8-17(9-5-15)24-12-19-20(26)21-18(10-11-31-21)25(32(19,28)29)13-14-2-6-16(23)7-3-14/h2-12,24H,13H2,1H3. The van der Waals surface area contributed by atoms with Crippen LogP contribution < -0.4 is 9.62 Å². The number of nitrogens with zero attached hydrogens (tertiary/aromatic N) is 1. The predicted octanol–water partition coefficient (Wildman–Crippen LogP) is 4.16. The van der Waals surface area contributed by atoms with Gasteiger partial charge < -0.3 is 10.1 Å². The third kappa shape index (κ3) is 4.02. The Morgan fingerprint density at radius 1 is 1.12 bits per heavy atom. The van der Waals surface area contributed by atoms with Crippen molar-refractivity contribution in [1.29, 1.82) is 0 Å². The number of fused-ring (bicyclic) bond motifs is 1. The number of carbonyl (C=O) groups excluding carboxylic acids is 2. The number of halogens is 1. The summed E-state index contributed by atoms with van der Waals surface area (Å²) in [5.74, 6) is -1.53. The first-order valence-corrected chi connectivity index (χ1v) is 11.7. The summed E-state index contributed by atoms with van der Waals surface area (Å²) in [4.78, 5) is 24.4. The molecule has 1 aliphatic heterocycles. The molecule has 7 nitrogen and oxygen atoms in total. The van der Waals surface area contributed by atoms with Crippen molar-refractivity contribution in [3.63, 3.8) is 0 Å². The fourth-order valence-corrected chi connectivity index (χ4v) is 5.66. The van der Waals surface area contributed by atoms with Gasteiger partial charge in [0.25, 0.3) is 10.0 Å². The molecule has 0 atom stereocenters. The first-order chi connectivity index (χ1) is 15.3. The predicted molar refractivity (Wildman–Crippen MR) is 120 cm³/mol. The van der Waals surface area contributed by atoms with Crippen LogP contribution in [0.15, 0.2) is 71.1 Å². The molecular weight excluding hydrogens is 455 g/mol. The lowest BCUT2D eigenvalue weighted by Gasteiger charge is -2.29. The summed E-state index contributed by atoms with van der Waals surface area (Å²) < 4.78 is 45.7. The number of carbonyl (C=O) groups is 2. The zero-order valence-electron chi connectivity index (χ0n) is 16.7. The van der Waals surface area contributed by atoms with Crippen molar-refractivity contribution in [3.8, 4) is 0 Å². The van der Waals surface area contributed by atoms with Gasteiger partial charge in [0.1, 0.15) is 10.7 Å². The van der Waals surface area contributed by atoms with Crippen molar-refractivity contribution in [2.24, 2.45) is 0 Å². The number of allylic oxidation sites excluding steroid dienone is 1. The van der Waals surface area contributed by atoms with E-state index in [1.807, 2.05) is 0 Å². The zero-order chi connectivity index (χ0) is 22.9. The molecule has 2 heterocycles. The molecule has 0 aliphatic carbocycles.